The van der Waals surface area contributed by atoms with E-state index in [9.17, 15) is 27.9 Å². The van der Waals surface area contributed by atoms with Gasteiger partial charge < -0.3 is 15.2 Å². The van der Waals surface area contributed by atoms with Gasteiger partial charge in [0, 0.05) is 27.6 Å². The van der Waals surface area contributed by atoms with E-state index in [1.807, 2.05) is 0 Å². The number of carboxylic acid groups (broad SMARTS) is 1. The van der Waals surface area contributed by atoms with Gasteiger partial charge in [0.05, 0.1) is 5.56 Å². The van der Waals surface area contributed by atoms with Crippen LogP contribution in [0.3, 0.4) is 0 Å². The second kappa shape index (κ2) is 8.90. The molecule has 0 aliphatic heterocycles. The minimum absolute atomic E-state index is 0.0141. The van der Waals surface area contributed by atoms with Crippen molar-refractivity contribution in [2.45, 2.75) is 38.6 Å². The second-order valence-electron chi connectivity index (χ2n) is 7.90. The number of benzene rings is 2. The molecule has 0 aliphatic carbocycles. The Kier molecular flexibility index (Phi) is 6.56. The third-order valence-corrected chi connectivity index (χ3v) is 5.30. The maximum absolute atomic E-state index is 13.0. The maximum Gasteiger partial charge on any atom is 0.433 e. The van der Waals surface area contributed by atoms with Gasteiger partial charge >= 0.3 is 12.1 Å². The van der Waals surface area contributed by atoms with Gasteiger partial charge in [0.15, 0.2) is 0 Å². The minimum atomic E-state index is -4.57. The molecule has 0 saturated heterocycles. The molecule has 3 rings (SSSR count). The first-order valence-electron chi connectivity index (χ1n) is 9.78. The third-order valence-electron chi connectivity index (χ3n) is 4.99. The Balaban J connectivity index is 2.05. The number of aliphatic carboxylic acids is 1. The molecule has 0 aliphatic rings. The van der Waals surface area contributed by atoms with E-state index in [1.165, 1.54) is 26.0 Å². The highest BCUT2D eigenvalue weighted by atomic mass is 35.5. The quantitative estimate of drug-likeness (QED) is 0.476. The van der Waals surface area contributed by atoms with Gasteiger partial charge in [-0.15, -0.1) is 0 Å². The van der Waals surface area contributed by atoms with Crippen LogP contribution in [0.5, 0.6) is 5.75 Å². The van der Waals surface area contributed by atoms with Gasteiger partial charge in [-0.1, -0.05) is 41.9 Å². The first-order chi connectivity index (χ1) is 15.3. The molecule has 0 spiro atoms. The standard InChI is InChI=1S/C23H20ClF3N2O4/c1-12(13-8-9-18(28-11-13)23(25,26)27)33-19-15-7-5-4-6-14(15)17(24)10-16(19)20(30)29-22(2,3)21(31)32/h4-12H,1-3H3,(H,29,30)(H,31,32)/t12-/m0/s1. The molecule has 2 aromatic carbocycles. The van der Waals surface area contributed by atoms with Crippen LogP contribution in [0.2, 0.25) is 5.02 Å². The fourth-order valence-corrected chi connectivity index (χ4v) is 3.34. The topological polar surface area (TPSA) is 88.5 Å². The van der Waals surface area contributed by atoms with Crippen molar-refractivity contribution < 1.29 is 32.6 Å². The van der Waals surface area contributed by atoms with E-state index < -0.39 is 35.4 Å². The zero-order chi connectivity index (χ0) is 24.6. The lowest BCUT2D eigenvalue weighted by atomic mass is 10.0. The van der Waals surface area contributed by atoms with Crippen molar-refractivity contribution in [3.8, 4) is 5.75 Å². The van der Waals surface area contributed by atoms with E-state index in [4.69, 9.17) is 16.3 Å². The highest BCUT2D eigenvalue weighted by molar-refractivity contribution is 6.36. The van der Waals surface area contributed by atoms with Crippen LogP contribution >= 0.6 is 11.6 Å². The van der Waals surface area contributed by atoms with E-state index in [0.717, 1.165) is 12.3 Å². The summed E-state index contributed by atoms with van der Waals surface area (Å²) in [5, 5.41) is 13.1. The number of carbonyl (C=O) groups excluding carboxylic acids is 1. The number of nitrogens with one attached hydrogen (secondary N) is 1. The molecule has 1 amide bonds. The molecule has 0 unspecified atom stereocenters. The summed E-state index contributed by atoms with van der Waals surface area (Å²) in [6, 6.07) is 10.3. The Hall–Kier alpha value is -3.33. The number of nitrogens with zero attached hydrogens (tertiary/aromatic N) is 1. The molecule has 2 N–H and O–H groups in total. The SMILES string of the molecule is C[C@H](Oc1c(C(=O)NC(C)(C)C(=O)O)cc(Cl)c2ccccc12)c1ccc(C(F)(F)F)nc1. The first-order valence-corrected chi connectivity index (χ1v) is 10.2. The van der Waals surface area contributed by atoms with E-state index in [2.05, 4.69) is 10.3 Å². The number of aromatic nitrogens is 1. The van der Waals surface area contributed by atoms with Gasteiger partial charge in [-0.3, -0.25) is 9.78 Å². The van der Waals surface area contributed by atoms with Gasteiger partial charge in [0.1, 0.15) is 23.1 Å². The van der Waals surface area contributed by atoms with Crippen LogP contribution in [-0.2, 0) is 11.0 Å². The van der Waals surface area contributed by atoms with Gasteiger partial charge in [-0.05, 0) is 32.9 Å². The maximum atomic E-state index is 13.0. The molecule has 1 heterocycles. The lowest BCUT2D eigenvalue weighted by Crippen LogP contribution is -2.49. The molecule has 0 radical (unpaired) electrons. The van der Waals surface area contributed by atoms with Gasteiger partial charge in [-0.25, -0.2) is 4.79 Å². The van der Waals surface area contributed by atoms with Crippen molar-refractivity contribution >= 4 is 34.2 Å². The van der Waals surface area contributed by atoms with Crippen molar-refractivity contribution in [1.82, 2.24) is 10.3 Å². The van der Waals surface area contributed by atoms with Crippen LogP contribution in [-0.4, -0.2) is 27.5 Å². The summed E-state index contributed by atoms with van der Waals surface area (Å²) in [6.45, 7) is 4.25. The highest BCUT2D eigenvalue weighted by Gasteiger charge is 2.33. The van der Waals surface area contributed by atoms with E-state index in [0.29, 0.717) is 16.3 Å². The summed E-state index contributed by atoms with van der Waals surface area (Å²) < 4.78 is 44.5. The number of amides is 1. The molecule has 0 bridgehead atoms. The zero-order valence-electron chi connectivity index (χ0n) is 17.8. The molecule has 33 heavy (non-hydrogen) atoms. The average Bonchev–Trinajstić information content (AvgIpc) is 2.74. The number of halogens is 4. The molecule has 1 aromatic heterocycles. The predicted molar refractivity (Wildman–Crippen MR) is 116 cm³/mol. The Bertz CT molecular complexity index is 1210. The Morgan fingerprint density at radius 3 is 2.30 bits per heavy atom. The van der Waals surface area contributed by atoms with E-state index in [-0.39, 0.29) is 16.3 Å². The van der Waals surface area contributed by atoms with Crippen molar-refractivity contribution in [3.05, 3.63) is 70.5 Å². The zero-order valence-corrected chi connectivity index (χ0v) is 18.6. The lowest BCUT2D eigenvalue weighted by molar-refractivity contribution is -0.143. The summed E-state index contributed by atoms with van der Waals surface area (Å²) in [5.74, 6) is -1.86. The summed E-state index contributed by atoms with van der Waals surface area (Å²) in [7, 11) is 0. The van der Waals surface area contributed by atoms with Crippen molar-refractivity contribution in [2.24, 2.45) is 0 Å². The number of ether oxygens (including phenoxy) is 1. The van der Waals surface area contributed by atoms with Crippen LogP contribution in [0.1, 0.15) is 48.5 Å². The van der Waals surface area contributed by atoms with E-state index in [1.54, 1.807) is 31.2 Å². The van der Waals surface area contributed by atoms with Crippen molar-refractivity contribution in [1.29, 1.82) is 0 Å². The fourth-order valence-electron chi connectivity index (χ4n) is 3.06. The molecule has 3 aromatic rings. The molecule has 10 heteroatoms. The highest BCUT2D eigenvalue weighted by Crippen LogP contribution is 2.38. The smallest absolute Gasteiger partial charge is 0.433 e. The van der Waals surface area contributed by atoms with Crippen molar-refractivity contribution in [2.75, 3.05) is 0 Å². The van der Waals surface area contributed by atoms with E-state index >= 15 is 0 Å². The molecule has 174 valence electrons. The number of rotatable bonds is 6. The Labute approximate surface area is 192 Å². The monoisotopic (exact) mass is 480 g/mol. The lowest BCUT2D eigenvalue weighted by Gasteiger charge is -2.24. The van der Waals surface area contributed by atoms with Gasteiger partial charge in [0.2, 0.25) is 0 Å². The van der Waals surface area contributed by atoms with Gasteiger partial charge in [0.25, 0.3) is 5.91 Å². The Morgan fingerprint density at radius 2 is 1.76 bits per heavy atom. The molecule has 1 atom stereocenters. The molecular weight excluding hydrogens is 461 g/mol. The summed E-state index contributed by atoms with van der Waals surface area (Å²) >= 11 is 6.36. The third kappa shape index (κ3) is 5.19. The molecule has 0 fully saturated rings. The van der Waals surface area contributed by atoms with Crippen LogP contribution in [0.15, 0.2) is 48.7 Å². The number of carboxylic acids is 1. The Morgan fingerprint density at radius 1 is 1.12 bits per heavy atom. The largest absolute Gasteiger partial charge is 0.484 e. The normalized spacial score (nSPS) is 12.9. The molecule has 6 nitrogen and oxygen atoms in total. The number of fused-ring (bicyclic) bond motifs is 1. The minimum Gasteiger partial charge on any atom is -0.484 e. The summed E-state index contributed by atoms with van der Waals surface area (Å²) in [4.78, 5) is 27.9. The second-order valence-corrected chi connectivity index (χ2v) is 8.31. The van der Waals surface area contributed by atoms with Crippen molar-refractivity contribution in [3.63, 3.8) is 0 Å². The molecular formula is C23H20ClF3N2O4. The average molecular weight is 481 g/mol. The molecule has 0 saturated carbocycles. The summed E-state index contributed by atoms with van der Waals surface area (Å²) in [6.07, 6.45) is -4.31. The number of hydrogen-bond acceptors (Lipinski definition) is 4. The first kappa shape index (κ1) is 24.3. The fraction of sp³-hybridized carbons (Fsp3) is 0.261. The van der Waals surface area contributed by atoms with Crippen LogP contribution in [0, 0.1) is 0 Å². The summed E-state index contributed by atoms with van der Waals surface area (Å²) in [5.41, 5.74) is -2.28. The van der Waals surface area contributed by atoms with Crippen LogP contribution < -0.4 is 10.1 Å². The number of alkyl halides is 3. The number of hydrogen-bond donors (Lipinski definition) is 2. The van der Waals surface area contributed by atoms with Gasteiger partial charge in [-0.2, -0.15) is 13.2 Å². The number of pyridine rings is 1. The number of carbonyl (C=O) groups is 2. The predicted octanol–water partition coefficient (Wildman–Crippen LogP) is 5.64. The van der Waals surface area contributed by atoms with Crippen LogP contribution in [0.25, 0.3) is 10.8 Å². The van der Waals surface area contributed by atoms with Crippen LogP contribution in [0.4, 0.5) is 13.2 Å².